The highest BCUT2D eigenvalue weighted by Crippen LogP contribution is 2.35. The van der Waals surface area contributed by atoms with Crippen LogP contribution in [0, 0.1) is 0 Å². The van der Waals surface area contributed by atoms with Gasteiger partial charge in [0, 0.05) is 30.4 Å². The van der Waals surface area contributed by atoms with Gasteiger partial charge in [0.1, 0.15) is 11.0 Å². The summed E-state index contributed by atoms with van der Waals surface area (Å²) in [6.07, 6.45) is 3.55. The van der Waals surface area contributed by atoms with Gasteiger partial charge in [0.2, 0.25) is 5.95 Å². The fraction of sp³-hybridized carbons (Fsp3) is 0.143. The van der Waals surface area contributed by atoms with Crippen LogP contribution in [-0.4, -0.2) is 42.5 Å². The summed E-state index contributed by atoms with van der Waals surface area (Å²) < 4.78 is 15.8. The first kappa shape index (κ1) is 22.8. The Hall–Kier alpha value is -3.35. The highest BCUT2D eigenvalue weighted by Gasteiger charge is 2.19. The van der Waals surface area contributed by atoms with Crippen LogP contribution < -0.4 is 14.9 Å². The molecule has 170 valence electrons. The third-order valence-electron chi connectivity index (χ3n) is 4.97. The molecule has 1 atom stereocenters. The SMILES string of the molecule is CCN(c1nc(Nc2ccc3c(c2)S(=O)NC3)ncc1Br)c1cccc2[nH]ncc12.O=CO. The Morgan fingerprint density at radius 3 is 2.91 bits per heavy atom. The van der Waals surface area contributed by atoms with Gasteiger partial charge in [0.05, 0.1) is 26.8 Å². The number of rotatable bonds is 5. The van der Waals surface area contributed by atoms with E-state index in [0.717, 1.165) is 43.0 Å². The molecule has 4 N–H and O–H groups in total. The lowest BCUT2D eigenvalue weighted by molar-refractivity contribution is -0.122. The number of nitrogens with one attached hydrogen (secondary N) is 3. The fourth-order valence-corrected chi connectivity index (χ4v) is 4.99. The summed E-state index contributed by atoms with van der Waals surface area (Å²) in [5.41, 5.74) is 3.81. The normalized spacial score (nSPS) is 14.3. The molecule has 1 unspecified atom stereocenters. The summed E-state index contributed by atoms with van der Waals surface area (Å²) >= 11 is 3.59. The number of H-pyrrole nitrogens is 1. The van der Waals surface area contributed by atoms with E-state index in [0.29, 0.717) is 19.0 Å². The van der Waals surface area contributed by atoms with E-state index in [4.69, 9.17) is 14.9 Å². The summed E-state index contributed by atoms with van der Waals surface area (Å²) in [5.74, 6) is 1.21. The molecular formula is C21H20BrN7O3S. The van der Waals surface area contributed by atoms with Crippen LogP contribution in [0.2, 0.25) is 0 Å². The number of hydrogen-bond acceptors (Lipinski definition) is 7. The Balaban J connectivity index is 0.000000821. The summed E-state index contributed by atoms with van der Waals surface area (Å²) in [6, 6.07) is 11.8. The lowest BCUT2D eigenvalue weighted by atomic mass is 10.2. The van der Waals surface area contributed by atoms with Crippen LogP contribution >= 0.6 is 15.9 Å². The van der Waals surface area contributed by atoms with E-state index in [2.05, 4.69) is 53.0 Å². The van der Waals surface area contributed by atoms with E-state index >= 15 is 0 Å². The first-order valence-electron chi connectivity index (χ1n) is 9.91. The van der Waals surface area contributed by atoms with Crippen molar-refractivity contribution < 1.29 is 14.1 Å². The second kappa shape index (κ2) is 10.1. The Labute approximate surface area is 200 Å². The molecule has 2 aromatic carbocycles. The minimum absolute atomic E-state index is 0.250. The van der Waals surface area contributed by atoms with Crippen molar-refractivity contribution in [3.63, 3.8) is 0 Å². The van der Waals surface area contributed by atoms with E-state index in [1.54, 1.807) is 6.20 Å². The first-order valence-corrected chi connectivity index (χ1v) is 11.8. The summed E-state index contributed by atoms with van der Waals surface area (Å²) in [4.78, 5) is 20.4. The third kappa shape index (κ3) is 4.72. The summed E-state index contributed by atoms with van der Waals surface area (Å²) in [7, 11) is -1.17. The van der Waals surface area contributed by atoms with Crippen LogP contribution in [0.15, 0.2) is 58.2 Å². The Morgan fingerprint density at radius 2 is 2.12 bits per heavy atom. The number of aromatic nitrogens is 4. The lowest BCUT2D eigenvalue weighted by Crippen LogP contribution is -2.19. The van der Waals surface area contributed by atoms with Gasteiger partial charge in [-0.25, -0.2) is 13.9 Å². The number of hydrogen-bond donors (Lipinski definition) is 4. The van der Waals surface area contributed by atoms with Crippen molar-refractivity contribution in [3.05, 3.63) is 58.8 Å². The fourth-order valence-electron chi connectivity index (χ4n) is 3.53. The average Bonchev–Trinajstić information content (AvgIpc) is 3.44. The molecule has 1 aliphatic heterocycles. The van der Waals surface area contributed by atoms with Crippen LogP contribution in [0.1, 0.15) is 12.5 Å². The second-order valence-corrected chi connectivity index (χ2v) is 8.98. The molecule has 3 heterocycles. The van der Waals surface area contributed by atoms with Crippen molar-refractivity contribution in [2.45, 2.75) is 18.4 Å². The summed E-state index contributed by atoms with van der Waals surface area (Å²) in [6.45, 7) is 3.15. The molecule has 0 spiro atoms. The van der Waals surface area contributed by atoms with Gasteiger partial charge in [-0.05, 0) is 52.7 Å². The predicted molar refractivity (Wildman–Crippen MR) is 130 cm³/mol. The van der Waals surface area contributed by atoms with E-state index in [1.807, 2.05) is 42.6 Å². The van der Waals surface area contributed by atoms with Crippen LogP contribution in [0.25, 0.3) is 10.9 Å². The average molecular weight is 530 g/mol. The highest BCUT2D eigenvalue weighted by molar-refractivity contribution is 9.10. The third-order valence-corrected chi connectivity index (χ3v) is 6.71. The van der Waals surface area contributed by atoms with Gasteiger partial charge < -0.3 is 15.3 Å². The Bertz CT molecular complexity index is 1330. The standard InChI is InChI=1S/C20H18BrN7OS.CH2O2/c1-2-28(17-5-3-4-16-14(17)10-23-27-16)19-15(21)11-22-20(26-19)25-13-7-6-12-9-24-30(29)18(12)8-13;2-1-3/h3-8,10-11,24H,2,9H2,1H3,(H,23,27)(H,22,25,26);1H,(H,2,3). The van der Waals surface area contributed by atoms with Crippen LogP contribution in [0.5, 0.6) is 0 Å². The van der Waals surface area contributed by atoms with Crippen molar-refractivity contribution in [1.82, 2.24) is 24.9 Å². The number of halogens is 1. The molecule has 0 saturated heterocycles. The summed E-state index contributed by atoms with van der Waals surface area (Å²) in [5, 5.41) is 18.3. The maximum atomic E-state index is 12.1. The zero-order chi connectivity index (χ0) is 23.4. The topological polar surface area (TPSA) is 136 Å². The van der Waals surface area contributed by atoms with Crippen molar-refractivity contribution in [2.24, 2.45) is 0 Å². The minimum atomic E-state index is -1.17. The number of anilines is 4. The van der Waals surface area contributed by atoms with Gasteiger partial charge >= 0.3 is 0 Å². The van der Waals surface area contributed by atoms with Crippen LogP contribution in [-0.2, 0) is 22.3 Å². The monoisotopic (exact) mass is 529 g/mol. The molecule has 0 radical (unpaired) electrons. The van der Waals surface area contributed by atoms with Gasteiger partial charge in [-0.3, -0.25) is 9.89 Å². The number of nitrogens with zero attached hydrogens (tertiary/aromatic N) is 4. The number of carboxylic acid groups (broad SMARTS) is 1. The van der Waals surface area contributed by atoms with Gasteiger partial charge in [-0.2, -0.15) is 10.1 Å². The van der Waals surface area contributed by atoms with Gasteiger partial charge in [-0.15, -0.1) is 0 Å². The van der Waals surface area contributed by atoms with Crippen LogP contribution in [0.4, 0.5) is 23.1 Å². The van der Waals surface area contributed by atoms with Crippen molar-refractivity contribution in [2.75, 3.05) is 16.8 Å². The minimum Gasteiger partial charge on any atom is -0.483 e. The maximum Gasteiger partial charge on any atom is 0.290 e. The van der Waals surface area contributed by atoms with Crippen LogP contribution in [0.3, 0.4) is 0 Å². The molecule has 5 rings (SSSR count). The molecule has 0 bridgehead atoms. The Kier molecular flexibility index (Phi) is 6.96. The highest BCUT2D eigenvalue weighted by atomic mass is 79.9. The van der Waals surface area contributed by atoms with Crippen molar-refractivity contribution in [3.8, 4) is 0 Å². The van der Waals surface area contributed by atoms with Gasteiger partial charge in [0.15, 0.2) is 5.82 Å². The molecule has 4 aromatic rings. The first-order chi connectivity index (χ1) is 16.0. The maximum absolute atomic E-state index is 12.1. The molecule has 1 aliphatic rings. The molecule has 0 amide bonds. The zero-order valence-electron chi connectivity index (χ0n) is 17.4. The number of carbonyl (C=O) groups is 1. The molecule has 10 nitrogen and oxygen atoms in total. The molecular weight excluding hydrogens is 510 g/mol. The lowest BCUT2D eigenvalue weighted by Gasteiger charge is -2.24. The van der Waals surface area contributed by atoms with Gasteiger partial charge in [0.25, 0.3) is 6.47 Å². The van der Waals surface area contributed by atoms with Gasteiger partial charge in [-0.1, -0.05) is 12.1 Å². The second-order valence-electron chi connectivity index (χ2n) is 6.86. The quantitative estimate of drug-likeness (QED) is 0.286. The molecule has 0 saturated carbocycles. The van der Waals surface area contributed by atoms with E-state index in [9.17, 15) is 4.21 Å². The van der Waals surface area contributed by atoms with Crippen molar-refractivity contribution in [1.29, 1.82) is 0 Å². The largest absolute Gasteiger partial charge is 0.483 e. The number of aromatic amines is 1. The van der Waals surface area contributed by atoms with E-state index in [1.165, 1.54) is 0 Å². The zero-order valence-corrected chi connectivity index (χ0v) is 19.9. The molecule has 33 heavy (non-hydrogen) atoms. The Morgan fingerprint density at radius 1 is 1.30 bits per heavy atom. The predicted octanol–water partition coefficient (Wildman–Crippen LogP) is 3.84. The number of benzene rings is 2. The molecule has 2 aromatic heterocycles. The van der Waals surface area contributed by atoms with E-state index < -0.39 is 11.0 Å². The molecule has 12 heteroatoms. The van der Waals surface area contributed by atoms with E-state index in [-0.39, 0.29) is 6.47 Å². The van der Waals surface area contributed by atoms with Crippen molar-refractivity contribution >= 4 is 67.4 Å². The number of fused-ring (bicyclic) bond motifs is 2. The smallest absolute Gasteiger partial charge is 0.290 e. The molecule has 0 fully saturated rings. The molecule has 0 aliphatic carbocycles.